The summed E-state index contributed by atoms with van der Waals surface area (Å²) in [7, 11) is 0. The zero-order chi connectivity index (χ0) is 21.0. The van der Waals surface area contributed by atoms with E-state index in [-0.39, 0.29) is 16.2 Å². The van der Waals surface area contributed by atoms with E-state index >= 15 is 0 Å². The molecule has 0 N–H and O–H groups in total. The van der Waals surface area contributed by atoms with Crippen molar-refractivity contribution >= 4 is 11.5 Å². The summed E-state index contributed by atoms with van der Waals surface area (Å²) in [5.41, 5.74) is 0.677. The first-order valence-electron chi connectivity index (χ1n) is 10.1. The van der Waals surface area contributed by atoms with Crippen molar-refractivity contribution in [3.05, 3.63) is 65.4 Å². The number of pyridine rings is 1. The molecule has 3 heterocycles. The van der Waals surface area contributed by atoms with E-state index in [0.29, 0.717) is 18.9 Å². The van der Waals surface area contributed by atoms with Gasteiger partial charge in [0.15, 0.2) is 0 Å². The first kappa shape index (κ1) is 19.8. The molecule has 0 saturated carbocycles. The third-order valence-electron chi connectivity index (χ3n) is 5.50. The number of nitrogens with zero attached hydrogens (tertiary/aromatic N) is 6. The van der Waals surface area contributed by atoms with E-state index in [4.69, 9.17) is 4.74 Å². The van der Waals surface area contributed by atoms with Gasteiger partial charge in [-0.2, -0.15) is 5.10 Å². The van der Waals surface area contributed by atoms with Crippen molar-refractivity contribution in [2.24, 2.45) is 0 Å². The van der Waals surface area contributed by atoms with E-state index in [9.17, 15) is 10.1 Å². The number of nitro groups is 1. The average Bonchev–Trinajstić information content (AvgIpc) is 3.30. The van der Waals surface area contributed by atoms with Crippen molar-refractivity contribution in [3.63, 3.8) is 0 Å². The molecule has 1 aromatic carbocycles. The van der Waals surface area contributed by atoms with Crippen LogP contribution in [0.25, 0.3) is 5.69 Å². The van der Waals surface area contributed by atoms with Crippen molar-refractivity contribution in [2.75, 3.05) is 18.0 Å². The summed E-state index contributed by atoms with van der Waals surface area (Å²) in [6.07, 6.45) is 8.24. The average molecular weight is 408 g/mol. The Morgan fingerprint density at radius 2 is 1.97 bits per heavy atom. The minimum Gasteiger partial charge on any atom is -0.487 e. The van der Waals surface area contributed by atoms with Crippen LogP contribution in [0.1, 0.15) is 32.6 Å². The zero-order valence-electron chi connectivity index (χ0n) is 16.8. The Morgan fingerprint density at radius 1 is 1.20 bits per heavy atom. The van der Waals surface area contributed by atoms with Gasteiger partial charge in [-0.3, -0.25) is 10.1 Å². The summed E-state index contributed by atoms with van der Waals surface area (Å²) in [6.45, 7) is 3.47. The Labute approximate surface area is 174 Å². The quantitative estimate of drug-likeness (QED) is 0.433. The van der Waals surface area contributed by atoms with Crippen LogP contribution in [-0.4, -0.2) is 43.4 Å². The fourth-order valence-corrected chi connectivity index (χ4v) is 4.02. The number of hydrogen-bond acceptors (Lipinski definition) is 7. The summed E-state index contributed by atoms with van der Waals surface area (Å²) in [5, 5.41) is 15.5. The largest absolute Gasteiger partial charge is 0.487 e. The van der Waals surface area contributed by atoms with Gasteiger partial charge in [-0.1, -0.05) is 13.3 Å². The molecule has 1 aliphatic rings. The van der Waals surface area contributed by atoms with Gasteiger partial charge in [0, 0.05) is 38.2 Å². The number of rotatable bonds is 7. The van der Waals surface area contributed by atoms with E-state index in [2.05, 4.69) is 22.0 Å². The lowest BCUT2D eigenvalue weighted by molar-refractivity contribution is -0.384. The molecular formula is C21H24N6O3. The van der Waals surface area contributed by atoms with Gasteiger partial charge < -0.3 is 9.64 Å². The summed E-state index contributed by atoms with van der Waals surface area (Å²) in [4.78, 5) is 21.2. The lowest BCUT2D eigenvalue weighted by Gasteiger charge is -2.42. The molecule has 0 radical (unpaired) electrons. The molecule has 0 aliphatic carbocycles. The number of piperidine rings is 1. The lowest BCUT2D eigenvalue weighted by Crippen LogP contribution is -2.48. The molecule has 9 heteroatoms. The smallest absolute Gasteiger partial charge is 0.311 e. The molecule has 0 unspecified atom stereocenters. The number of ether oxygens (including phenoxy) is 1. The number of hydrogen-bond donors (Lipinski definition) is 0. The van der Waals surface area contributed by atoms with Crippen LogP contribution in [0.15, 0.2) is 55.2 Å². The molecule has 0 spiro atoms. The highest BCUT2D eigenvalue weighted by Crippen LogP contribution is 2.36. The van der Waals surface area contributed by atoms with Crippen molar-refractivity contribution in [3.8, 4) is 11.4 Å². The third kappa shape index (κ3) is 4.10. The first-order valence-corrected chi connectivity index (χ1v) is 10.1. The van der Waals surface area contributed by atoms with E-state index < -0.39 is 0 Å². The highest BCUT2D eigenvalue weighted by atomic mass is 16.6. The second kappa shape index (κ2) is 8.48. The van der Waals surface area contributed by atoms with Crippen molar-refractivity contribution in [2.45, 2.75) is 38.2 Å². The molecule has 156 valence electrons. The van der Waals surface area contributed by atoms with Crippen LogP contribution in [0.3, 0.4) is 0 Å². The van der Waals surface area contributed by atoms with Crippen LogP contribution in [-0.2, 0) is 0 Å². The molecule has 1 aliphatic heterocycles. The molecule has 2 aromatic heterocycles. The van der Waals surface area contributed by atoms with Gasteiger partial charge in [-0.15, -0.1) is 0 Å². The molecule has 1 saturated heterocycles. The standard InChI is InChI=1S/C21H24N6O3/c1-2-9-21(30-18-7-5-17(6-8-18)26-16-22-15-24-26)10-13-25(14-11-21)20-19(27(28)29)4-3-12-23-20/h3-8,12,15-16H,2,9-11,13-14H2,1H3. The van der Waals surface area contributed by atoms with Gasteiger partial charge in [0.05, 0.1) is 10.6 Å². The Hall–Kier alpha value is -3.49. The van der Waals surface area contributed by atoms with Crippen LogP contribution in [0, 0.1) is 10.1 Å². The van der Waals surface area contributed by atoms with E-state index in [0.717, 1.165) is 37.1 Å². The predicted octanol–water partition coefficient (Wildman–Crippen LogP) is 3.79. The lowest BCUT2D eigenvalue weighted by atomic mass is 9.86. The molecular weight excluding hydrogens is 384 g/mol. The number of aromatic nitrogens is 4. The first-order chi connectivity index (χ1) is 14.6. The molecule has 4 rings (SSSR count). The monoisotopic (exact) mass is 408 g/mol. The summed E-state index contributed by atoms with van der Waals surface area (Å²) >= 11 is 0. The van der Waals surface area contributed by atoms with Crippen molar-refractivity contribution in [1.29, 1.82) is 0 Å². The van der Waals surface area contributed by atoms with E-state index in [1.165, 1.54) is 12.4 Å². The van der Waals surface area contributed by atoms with Crippen LogP contribution in [0.4, 0.5) is 11.5 Å². The number of anilines is 1. The van der Waals surface area contributed by atoms with Gasteiger partial charge in [0.25, 0.3) is 0 Å². The van der Waals surface area contributed by atoms with Crippen molar-refractivity contribution in [1.82, 2.24) is 19.7 Å². The minimum absolute atomic E-state index is 0.0464. The van der Waals surface area contributed by atoms with E-state index in [1.807, 2.05) is 29.2 Å². The molecule has 0 bridgehead atoms. The van der Waals surface area contributed by atoms with Gasteiger partial charge in [-0.05, 0) is 36.8 Å². The molecule has 9 nitrogen and oxygen atoms in total. The fraction of sp³-hybridized carbons (Fsp3) is 0.381. The van der Waals surface area contributed by atoms with Crippen LogP contribution in [0.5, 0.6) is 5.75 Å². The maximum atomic E-state index is 11.4. The SMILES string of the molecule is CCCC1(Oc2ccc(-n3cncn3)cc2)CCN(c2ncccc2[N+](=O)[O-])CC1. The van der Waals surface area contributed by atoms with Gasteiger partial charge in [0.1, 0.15) is 24.0 Å². The van der Waals surface area contributed by atoms with Crippen LogP contribution >= 0.6 is 0 Å². The van der Waals surface area contributed by atoms with Crippen LogP contribution in [0.2, 0.25) is 0 Å². The van der Waals surface area contributed by atoms with Crippen LogP contribution < -0.4 is 9.64 Å². The Bertz CT molecular complexity index is 982. The highest BCUT2D eigenvalue weighted by Gasteiger charge is 2.37. The van der Waals surface area contributed by atoms with E-state index in [1.54, 1.807) is 23.3 Å². The van der Waals surface area contributed by atoms with Crippen molar-refractivity contribution < 1.29 is 9.66 Å². The topological polar surface area (TPSA) is 99.2 Å². The fourth-order valence-electron chi connectivity index (χ4n) is 4.02. The minimum atomic E-state index is -0.372. The third-order valence-corrected chi connectivity index (χ3v) is 5.50. The highest BCUT2D eigenvalue weighted by molar-refractivity contribution is 5.57. The van der Waals surface area contributed by atoms with Gasteiger partial charge in [-0.25, -0.2) is 14.6 Å². The van der Waals surface area contributed by atoms with Gasteiger partial charge in [0.2, 0.25) is 5.82 Å². The second-order valence-corrected chi connectivity index (χ2v) is 7.46. The maximum Gasteiger partial charge on any atom is 0.311 e. The molecule has 3 aromatic rings. The Kier molecular flexibility index (Phi) is 5.60. The predicted molar refractivity (Wildman–Crippen MR) is 112 cm³/mol. The zero-order valence-corrected chi connectivity index (χ0v) is 16.8. The maximum absolute atomic E-state index is 11.4. The number of benzene rings is 1. The molecule has 1 fully saturated rings. The Balaban J connectivity index is 1.48. The molecule has 0 amide bonds. The second-order valence-electron chi connectivity index (χ2n) is 7.46. The van der Waals surface area contributed by atoms with Gasteiger partial charge >= 0.3 is 5.69 Å². The molecule has 30 heavy (non-hydrogen) atoms. The Morgan fingerprint density at radius 3 is 2.60 bits per heavy atom. The summed E-state index contributed by atoms with van der Waals surface area (Å²) in [6, 6.07) is 10.9. The normalized spacial score (nSPS) is 15.7. The molecule has 0 atom stereocenters. The summed E-state index contributed by atoms with van der Waals surface area (Å²) < 4.78 is 8.19. The summed E-state index contributed by atoms with van der Waals surface area (Å²) in [5.74, 6) is 1.24.